The Morgan fingerprint density at radius 1 is 1.31 bits per heavy atom. The largest absolute Gasteiger partial charge is 0.506 e. The molecule has 3 N–H and O–H groups in total. The zero-order valence-corrected chi connectivity index (χ0v) is 16.9. The molecule has 3 rings (SSSR count). The summed E-state index contributed by atoms with van der Waals surface area (Å²) in [6.07, 6.45) is 3.81. The predicted molar refractivity (Wildman–Crippen MR) is 103 cm³/mol. The third-order valence-electron chi connectivity index (χ3n) is 4.71. The number of rotatable bonds is 4. The fraction of sp³-hybridized carbons (Fsp3) is 0.579. The Labute approximate surface area is 169 Å². The number of carbonyl (C=O) groups is 3. The van der Waals surface area contributed by atoms with Gasteiger partial charge in [0.25, 0.3) is 11.9 Å². The Morgan fingerprint density at radius 3 is 2.62 bits per heavy atom. The number of pyridine rings is 1. The molecule has 1 aromatic heterocycles. The molecule has 2 fully saturated rings. The van der Waals surface area contributed by atoms with Gasteiger partial charge in [-0.05, 0) is 12.5 Å². The second-order valence-electron chi connectivity index (χ2n) is 7.41. The van der Waals surface area contributed by atoms with Crippen LogP contribution in [0.3, 0.4) is 0 Å². The molecule has 2 amide bonds. The second kappa shape index (κ2) is 10.2. The van der Waals surface area contributed by atoms with E-state index < -0.39 is 5.97 Å². The summed E-state index contributed by atoms with van der Waals surface area (Å²) in [4.78, 5) is 40.8. The van der Waals surface area contributed by atoms with Crippen molar-refractivity contribution < 1.29 is 29.3 Å². The third-order valence-corrected chi connectivity index (χ3v) is 4.71. The average molecular weight is 408 g/mol. The molecule has 0 aromatic carbocycles. The number of carboxylic acids is 1. The molecule has 0 bridgehead atoms. The van der Waals surface area contributed by atoms with Crippen LogP contribution in [0.4, 0.5) is 0 Å². The molecule has 0 spiro atoms. The van der Waals surface area contributed by atoms with E-state index in [-0.39, 0.29) is 35.8 Å². The summed E-state index contributed by atoms with van der Waals surface area (Å²) in [5, 5.41) is 19.8. The Balaban J connectivity index is 0.000000687. The number of carbonyl (C=O) groups excluding carboxylic acids is 2. The van der Waals surface area contributed by atoms with Gasteiger partial charge < -0.3 is 25.2 Å². The number of hydrogen-bond acceptors (Lipinski definition) is 7. The van der Waals surface area contributed by atoms with Gasteiger partial charge in [-0.15, -0.1) is 0 Å². The van der Waals surface area contributed by atoms with Crippen molar-refractivity contribution in [3.8, 4) is 5.75 Å². The van der Waals surface area contributed by atoms with Crippen molar-refractivity contribution in [1.29, 1.82) is 0 Å². The second-order valence-corrected chi connectivity index (χ2v) is 7.41. The summed E-state index contributed by atoms with van der Waals surface area (Å²) in [5.41, 5.74) is 0.343. The molecule has 10 heteroatoms. The van der Waals surface area contributed by atoms with Crippen LogP contribution < -0.4 is 5.32 Å². The zero-order chi connectivity index (χ0) is 21.6. The lowest BCUT2D eigenvalue weighted by atomic mass is 10.1. The molecule has 1 aromatic rings. The van der Waals surface area contributed by atoms with Gasteiger partial charge in [-0.1, -0.05) is 0 Å². The van der Waals surface area contributed by atoms with E-state index in [9.17, 15) is 14.7 Å². The number of morpholine rings is 1. The van der Waals surface area contributed by atoms with E-state index in [4.69, 9.17) is 14.6 Å². The minimum absolute atomic E-state index is 0.0201. The molecule has 3 heterocycles. The highest BCUT2D eigenvalue weighted by Crippen LogP contribution is 2.25. The van der Waals surface area contributed by atoms with Crippen LogP contribution in [0, 0.1) is 0 Å². The maximum Gasteiger partial charge on any atom is 0.300 e. The van der Waals surface area contributed by atoms with Crippen LogP contribution in [0.1, 0.15) is 30.1 Å². The summed E-state index contributed by atoms with van der Waals surface area (Å²) in [7, 11) is 3.48. The molecule has 0 saturated carbocycles. The first kappa shape index (κ1) is 22.6. The van der Waals surface area contributed by atoms with E-state index >= 15 is 0 Å². The quantitative estimate of drug-likeness (QED) is 0.631. The monoisotopic (exact) mass is 408 g/mol. The summed E-state index contributed by atoms with van der Waals surface area (Å²) in [5.74, 6) is -1.05. The van der Waals surface area contributed by atoms with Gasteiger partial charge >= 0.3 is 0 Å². The first-order valence-corrected chi connectivity index (χ1v) is 9.36. The lowest BCUT2D eigenvalue weighted by Crippen LogP contribution is -2.47. The molecular formula is C19H28N4O6. The Hall–Kier alpha value is -2.72. The van der Waals surface area contributed by atoms with Gasteiger partial charge in [-0.2, -0.15) is 0 Å². The molecule has 160 valence electrons. The first-order chi connectivity index (χ1) is 13.7. The Kier molecular flexibility index (Phi) is 7.91. The maximum atomic E-state index is 12.3. The fourth-order valence-electron chi connectivity index (χ4n) is 3.37. The Morgan fingerprint density at radius 2 is 2.00 bits per heavy atom. The predicted octanol–water partition coefficient (Wildman–Crippen LogP) is -0.0721. The van der Waals surface area contributed by atoms with Crippen LogP contribution in [-0.2, 0) is 14.3 Å². The molecule has 10 nitrogen and oxygen atoms in total. The standard InChI is InChI=1S/C17H24N4O4.C2H4O2/c1-20(2)16(23)5-15-9-21-8-12(4-13(21)10-25-15)19-17(24)11-3-14(22)7-18-6-11;1-2(3)4/h3,6-7,12-13,15,22H,4-5,8-10H2,1-2H3,(H,19,24);1H3,(H,3,4)/t12-,13+,15+;/m1./s1. The minimum Gasteiger partial charge on any atom is -0.506 e. The Bertz CT molecular complexity index is 737. The van der Waals surface area contributed by atoms with Gasteiger partial charge in [0.1, 0.15) is 5.75 Å². The van der Waals surface area contributed by atoms with Gasteiger partial charge in [0.2, 0.25) is 5.91 Å². The number of carboxylic acid groups (broad SMARTS) is 1. The number of hydrogen-bond donors (Lipinski definition) is 3. The average Bonchev–Trinajstić information content (AvgIpc) is 3.02. The molecule has 0 aliphatic carbocycles. The van der Waals surface area contributed by atoms with E-state index in [0.717, 1.165) is 19.9 Å². The highest BCUT2D eigenvalue weighted by atomic mass is 16.5. The van der Waals surface area contributed by atoms with Crippen molar-refractivity contribution in [2.24, 2.45) is 0 Å². The van der Waals surface area contributed by atoms with E-state index in [1.807, 2.05) is 0 Å². The SMILES string of the molecule is CC(=O)O.CN(C)C(=O)C[C@H]1CN2C[C@H](NC(=O)c3cncc(O)c3)C[C@H]2CO1. The zero-order valence-electron chi connectivity index (χ0n) is 16.9. The number of nitrogens with one attached hydrogen (secondary N) is 1. The highest BCUT2D eigenvalue weighted by molar-refractivity contribution is 5.94. The number of ether oxygens (including phenoxy) is 1. The molecule has 0 unspecified atom stereocenters. The molecule has 2 saturated heterocycles. The minimum atomic E-state index is -0.833. The van der Waals surface area contributed by atoms with Crippen LogP contribution in [0.15, 0.2) is 18.5 Å². The summed E-state index contributed by atoms with van der Waals surface area (Å²) in [6.45, 7) is 3.09. The molecule has 3 atom stereocenters. The number of aromatic nitrogens is 1. The van der Waals surface area contributed by atoms with Gasteiger partial charge in [-0.3, -0.25) is 24.3 Å². The number of amides is 2. The van der Waals surface area contributed by atoms with Crippen LogP contribution in [0.5, 0.6) is 5.75 Å². The number of fused-ring (bicyclic) bond motifs is 1. The molecular weight excluding hydrogens is 380 g/mol. The van der Waals surface area contributed by atoms with Gasteiger partial charge in [0.15, 0.2) is 0 Å². The van der Waals surface area contributed by atoms with Gasteiger partial charge in [0, 0.05) is 52.4 Å². The van der Waals surface area contributed by atoms with Crippen molar-refractivity contribution in [2.45, 2.75) is 38.0 Å². The summed E-state index contributed by atoms with van der Waals surface area (Å²) >= 11 is 0. The topological polar surface area (TPSA) is 132 Å². The van der Waals surface area contributed by atoms with Crippen LogP contribution in [0.25, 0.3) is 0 Å². The summed E-state index contributed by atoms with van der Waals surface area (Å²) in [6, 6.07) is 1.68. The van der Waals surface area contributed by atoms with Gasteiger partial charge in [-0.25, -0.2) is 0 Å². The lowest BCUT2D eigenvalue weighted by Gasteiger charge is -2.35. The van der Waals surface area contributed by atoms with Crippen LogP contribution in [0.2, 0.25) is 0 Å². The van der Waals surface area contributed by atoms with Crippen molar-refractivity contribution in [3.05, 3.63) is 24.0 Å². The van der Waals surface area contributed by atoms with Crippen molar-refractivity contribution in [3.63, 3.8) is 0 Å². The van der Waals surface area contributed by atoms with E-state index in [1.54, 1.807) is 19.0 Å². The van der Waals surface area contributed by atoms with E-state index in [2.05, 4.69) is 15.2 Å². The van der Waals surface area contributed by atoms with Crippen LogP contribution in [-0.4, -0.2) is 94.8 Å². The number of aromatic hydroxyl groups is 1. The molecule has 0 radical (unpaired) electrons. The fourth-order valence-corrected chi connectivity index (χ4v) is 3.37. The maximum absolute atomic E-state index is 12.3. The third kappa shape index (κ3) is 6.99. The molecule has 2 aliphatic rings. The first-order valence-electron chi connectivity index (χ1n) is 9.36. The van der Waals surface area contributed by atoms with E-state index in [0.29, 0.717) is 25.1 Å². The van der Waals surface area contributed by atoms with Crippen LogP contribution >= 0.6 is 0 Å². The molecule has 2 aliphatic heterocycles. The highest BCUT2D eigenvalue weighted by Gasteiger charge is 2.38. The van der Waals surface area contributed by atoms with Crippen molar-refractivity contribution in [2.75, 3.05) is 33.8 Å². The summed E-state index contributed by atoms with van der Waals surface area (Å²) < 4.78 is 5.82. The van der Waals surface area contributed by atoms with Crippen molar-refractivity contribution in [1.82, 2.24) is 20.1 Å². The van der Waals surface area contributed by atoms with Gasteiger partial charge in [0.05, 0.1) is 30.9 Å². The smallest absolute Gasteiger partial charge is 0.300 e. The number of aliphatic carboxylic acids is 1. The molecule has 29 heavy (non-hydrogen) atoms. The lowest BCUT2D eigenvalue weighted by molar-refractivity contribution is -0.135. The van der Waals surface area contributed by atoms with E-state index in [1.165, 1.54) is 18.5 Å². The van der Waals surface area contributed by atoms with Crippen molar-refractivity contribution >= 4 is 17.8 Å². The normalized spacial score (nSPS) is 23.3. The number of nitrogens with zero attached hydrogens (tertiary/aromatic N) is 3.